The fourth-order valence-corrected chi connectivity index (χ4v) is 11.5. The zero-order chi connectivity index (χ0) is 47.4. The van der Waals surface area contributed by atoms with Crippen LogP contribution in [0.25, 0.3) is 25.6 Å². The fraction of sp³-hybridized carbons (Fsp3) is 0.300. The topological polar surface area (TPSA) is 120 Å². The molecule has 66 heavy (non-hydrogen) atoms. The third kappa shape index (κ3) is 8.86. The van der Waals surface area contributed by atoms with Crippen LogP contribution in [0.1, 0.15) is 98.7 Å². The minimum atomic E-state index is -0.486. The van der Waals surface area contributed by atoms with Gasteiger partial charge in [-0.25, -0.2) is 15.0 Å². The summed E-state index contributed by atoms with van der Waals surface area (Å²) in [5.74, 6) is 1.40. The molecule has 0 unspecified atom stereocenters. The van der Waals surface area contributed by atoms with Gasteiger partial charge in [-0.2, -0.15) is 15.0 Å². The lowest BCUT2D eigenvalue weighted by Gasteiger charge is -2.29. The Labute approximate surface area is 416 Å². The maximum Gasteiger partial charge on any atom is 0.213 e. The molecule has 0 fully saturated rings. The van der Waals surface area contributed by atoms with E-state index in [9.17, 15) is 5.26 Å². The molecule has 1 N–H and O–H groups in total. The number of azo groups is 1. The van der Waals surface area contributed by atoms with Gasteiger partial charge >= 0.3 is 0 Å². The number of fused-ring (bicyclic) bond motifs is 2. The van der Waals surface area contributed by atoms with E-state index in [1.807, 2.05) is 64.1 Å². The summed E-state index contributed by atoms with van der Waals surface area (Å²) in [6, 6.07) is 20.7. The highest BCUT2D eigenvalue weighted by Crippen LogP contribution is 2.48. The van der Waals surface area contributed by atoms with Crippen LogP contribution in [0.2, 0.25) is 0 Å². The number of nitriles is 1. The molecule has 4 aromatic carbocycles. The first-order chi connectivity index (χ1) is 31.5. The number of nitrogens with one attached hydrogen (secondary N) is 1. The zero-order valence-electron chi connectivity index (χ0n) is 38.7. The van der Waals surface area contributed by atoms with Crippen LogP contribution in [0.15, 0.2) is 84.4 Å². The number of hydrogen-bond donors (Lipinski definition) is 5. The summed E-state index contributed by atoms with van der Waals surface area (Å²) in [7, 11) is 0. The quantitative estimate of drug-likeness (QED) is 0.0611. The molecule has 0 aliphatic rings. The molecule has 0 amide bonds. The van der Waals surface area contributed by atoms with Gasteiger partial charge < -0.3 is 5.32 Å². The highest BCUT2D eigenvalue weighted by atomic mass is 32.1. The number of anilines is 5. The second-order valence-electron chi connectivity index (χ2n) is 17.3. The predicted molar refractivity (Wildman–Crippen MR) is 287 cm³/mol. The number of hydrogen-bond acceptors (Lipinski definition) is 15. The van der Waals surface area contributed by atoms with E-state index in [2.05, 4.69) is 101 Å². The predicted octanol–water partition coefficient (Wildman–Crippen LogP) is 15.6. The first-order valence-electron chi connectivity index (χ1n) is 21.9. The number of pyridine rings is 1. The Morgan fingerprint density at radius 1 is 0.727 bits per heavy atom. The van der Waals surface area contributed by atoms with Gasteiger partial charge in [0, 0.05) is 30.7 Å². The summed E-state index contributed by atoms with van der Waals surface area (Å²) >= 11 is 22.4. The van der Waals surface area contributed by atoms with E-state index < -0.39 is 5.41 Å². The Bertz CT molecular complexity index is 3280. The summed E-state index contributed by atoms with van der Waals surface area (Å²) in [6.45, 7) is 21.0. The molecule has 10 nitrogen and oxygen atoms in total. The Morgan fingerprint density at radius 2 is 1.33 bits per heavy atom. The van der Waals surface area contributed by atoms with Gasteiger partial charge in [-0.1, -0.05) is 83.3 Å². The lowest BCUT2D eigenvalue weighted by Crippen LogP contribution is -2.17. The highest BCUT2D eigenvalue weighted by Gasteiger charge is 2.31. The number of benzene rings is 4. The summed E-state index contributed by atoms with van der Waals surface area (Å²) in [5, 5.41) is 30.9. The summed E-state index contributed by atoms with van der Waals surface area (Å²) in [6.07, 6.45) is 3.03. The SMILES string of the molecule is CCc1cc(C)c(S)c(CC)c1Nc1nc(N(c2nc3ccc(S)cc3s2)c2c(CC)cc(C)c(S)c2CC)cc(C)c1/N=N/c1c(C#N)c(C(C)(C)C)nn1-c1nc2ccc(S)cc2s1. The van der Waals surface area contributed by atoms with Crippen molar-refractivity contribution in [2.24, 2.45) is 10.2 Å². The zero-order valence-corrected chi connectivity index (χ0v) is 43.9. The van der Waals surface area contributed by atoms with Crippen molar-refractivity contribution >= 4 is 133 Å². The van der Waals surface area contributed by atoms with Crippen molar-refractivity contribution in [2.45, 2.75) is 120 Å². The van der Waals surface area contributed by atoms with E-state index in [4.69, 9.17) is 55.5 Å². The van der Waals surface area contributed by atoms with Gasteiger partial charge in [-0.15, -0.1) is 60.7 Å². The van der Waals surface area contributed by atoms with Crippen LogP contribution in [-0.4, -0.2) is 24.7 Å². The van der Waals surface area contributed by atoms with Crippen LogP contribution in [-0.2, 0) is 31.1 Å². The van der Waals surface area contributed by atoms with Crippen molar-refractivity contribution in [2.75, 3.05) is 10.2 Å². The number of nitrogens with zero attached hydrogens (tertiary/aromatic N) is 9. The van der Waals surface area contributed by atoms with Crippen LogP contribution in [0.5, 0.6) is 0 Å². The molecule has 0 bridgehead atoms. The second-order valence-corrected chi connectivity index (χ2v) is 21.2. The minimum absolute atomic E-state index is 0.277. The van der Waals surface area contributed by atoms with Crippen LogP contribution in [0, 0.1) is 32.1 Å². The molecule has 4 heterocycles. The van der Waals surface area contributed by atoms with Crippen molar-refractivity contribution in [1.82, 2.24) is 24.7 Å². The number of aromatic nitrogens is 5. The smallest absolute Gasteiger partial charge is 0.213 e. The molecule has 0 radical (unpaired) electrons. The van der Waals surface area contributed by atoms with Gasteiger partial charge in [0.05, 0.1) is 31.8 Å². The summed E-state index contributed by atoms with van der Waals surface area (Å²) in [5.41, 5.74) is 12.0. The lowest BCUT2D eigenvalue weighted by atomic mass is 9.90. The van der Waals surface area contributed by atoms with E-state index in [1.54, 1.807) is 16.0 Å². The number of thiol groups is 4. The summed E-state index contributed by atoms with van der Waals surface area (Å²) in [4.78, 5) is 21.5. The molecule has 0 saturated heterocycles. The number of aryl methyl sites for hydroxylation is 5. The maximum absolute atomic E-state index is 10.8. The number of thiazole rings is 2. The molecular formula is C50H52N10S6. The first-order valence-corrected chi connectivity index (χ1v) is 25.3. The second kappa shape index (κ2) is 19.0. The largest absolute Gasteiger partial charge is 0.338 e. The number of rotatable bonds is 12. The van der Waals surface area contributed by atoms with Crippen LogP contribution < -0.4 is 10.2 Å². The van der Waals surface area contributed by atoms with E-state index >= 15 is 0 Å². The van der Waals surface area contributed by atoms with Crippen LogP contribution >= 0.6 is 73.2 Å². The van der Waals surface area contributed by atoms with Gasteiger partial charge in [-0.3, -0.25) is 4.90 Å². The molecular weight excluding hydrogens is 933 g/mol. The van der Waals surface area contributed by atoms with Gasteiger partial charge in [0.1, 0.15) is 23.1 Å². The van der Waals surface area contributed by atoms with Crippen molar-refractivity contribution in [3.8, 4) is 11.2 Å². The van der Waals surface area contributed by atoms with Gasteiger partial charge in [0.15, 0.2) is 16.8 Å². The molecule has 0 aliphatic heterocycles. The Balaban J connectivity index is 1.42. The van der Waals surface area contributed by atoms with E-state index in [0.717, 1.165) is 121 Å². The van der Waals surface area contributed by atoms with Crippen LogP contribution in [0.4, 0.5) is 39.6 Å². The molecule has 8 rings (SSSR count). The van der Waals surface area contributed by atoms with Gasteiger partial charge in [0.25, 0.3) is 0 Å². The van der Waals surface area contributed by atoms with E-state index in [-0.39, 0.29) is 5.82 Å². The lowest BCUT2D eigenvalue weighted by molar-refractivity contribution is 0.559. The molecule has 16 heteroatoms. The van der Waals surface area contributed by atoms with E-state index in [1.165, 1.54) is 11.3 Å². The molecule has 8 aromatic rings. The van der Waals surface area contributed by atoms with Crippen LogP contribution in [0.3, 0.4) is 0 Å². The fourth-order valence-electron chi connectivity index (χ4n) is 8.31. The van der Waals surface area contributed by atoms with Gasteiger partial charge in [-0.05, 0) is 128 Å². The van der Waals surface area contributed by atoms with Gasteiger partial charge in [0.2, 0.25) is 5.13 Å². The van der Waals surface area contributed by atoms with Crippen molar-refractivity contribution in [3.63, 3.8) is 0 Å². The molecule has 0 atom stereocenters. The molecule has 0 aliphatic carbocycles. The van der Waals surface area contributed by atoms with Crippen molar-refractivity contribution in [1.29, 1.82) is 5.26 Å². The Hall–Kier alpha value is -4.89. The first kappa shape index (κ1) is 47.6. The van der Waals surface area contributed by atoms with Crippen molar-refractivity contribution in [3.05, 3.63) is 105 Å². The molecule has 0 saturated carbocycles. The molecule has 4 aromatic heterocycles. The third-order valence-corrected chi connectivity index (χ3v) is 15.5. The van der Waals surface area contributed by atoms with Crippen molar-refractivity contribution < 1.29 is 0 Å². The average Bonchev–Trinajstić information content (AvgIpc) is 4.00. The maximum atomic E-state index is 10.8. The molecule has 338 valence electrons. The normalized spacial score (nSPS) is 12.0. The highest BCUT2D eigenvalue weighted by molar-refractivity contribution is 7.81. The third-order valence-electron chi connectivity index (χ3n) is 11.7. The van der Waals surface area contributed by atoms with E-state index in [0.29, 0.717) is 33.7 Å². The Kier molecular flexibility index (Phi) is 13.7. The minimum Gasteiger partial charge on any atom is -0.338 e. The Morgan fingerprint density at radius 3 is 1.94 bits per heavy atom. The molecule has 0 spiro atoms. The average molecular weight is 985 g/mol. The standard InChI is InChI=1S/C50H52N10S6/c1-11-28-19-26(6)43(63)32(13-3)41(28)55-46-40(56-57-47-34(24-51)45(50(8,9)10)58-60(47)49-53-36-18-16-31(62)23-38(36)66-49)25(5)21-39(54-46)59(48-52-35-17-15-30(61)22-37(35)65-48)42-29(12-2)20-27(7)44(64)33(42)14-4/h15-23,61-64H,11-14H2,1-10H3,(H,54,55)/b57-56+. The monoisotopic (exact) mass is 984 g/mol. The summed E-state index contributed by atoms with van der Waals surface area (Å²) < 4.78 is 3.59.